The van der Waals surface area contributed by atoms with Gasteiger partial charge in [0.2, 0.25) is 0 Å². The molecule has 0 aromatic rings. The number of hydrogen-bond donors (Lipinski definition) is 2. The van der Waals surface area contributed by atoms with Crippen molar-refractivity contribution < 1.29 is 9.53 Å². The lowest BCUT2D eigenvalue weighted by atomic mass is 10.1. The predicted octanol–water partition coefficient (Wildman–Crippen LogP) is 2.17. The minimum atomic E-state index is -0.434. The standard InChI is InChI=1S/C12H24N2O2/c1-12(2,3)16-11(15)14-10-7-5-4-6-9(13)8-10/h9-10H,4-8,13H2,1-3H3,(H,14,15)/t9-,10-/m0/s1. The molecule has 16 heavy (non-hydrogen) atoms. The second-order valence-electron chi connectivity index (χ2n) is 5.62. The van der Waals surface area contributed by atoms with E-state index in [9.17, 15) is 4.79 Å². The highest BCUT2D eigenvalue weighted by Crippen LogP contribution is 2.17. The van der Waals surface area contributed by atoms with E-state index < -0.39 is 5.60 Å². The summed E-state index contributed by atoms with van der Waals surface area (Å²) in [6.45, 7) is 5.60. The molecule has 0 heterocycles. The number of hydrogen-bond acceptors (Lipinski definition) is 3. The zero-order valence-corrected chi connectivity index (χ0v) is 10.6. The van der Waals surface area contributed by atoms with Crippen molar-refractivity contribution in [3.8, 4) is 0 Å². The minimum absolute atomic E-state index is 0.173. The van der Waals surface area contributed by atoms with E-state index in [0.29, 0.717) is 0 Å². The number of amides is 1. The summed E-state index contributed by atoms with van der Waals surface area (Å²) in [4.78, 5) is 11.6. The zero-order valence-electron chi connectivity index (χ0n) is 10.6. The van der Waals surface area contributed by atoms with Crippen molar-refractivity contribution in [2.75, 3.05) is 0 Å². The third-order valence-electron chi connectivity index (χ3n) is 2.69. The summed E-state index contributed by atoms with van der Waals surface area (Å²) in [5, 5.41) is 2.90. The Labute approximate surface area is 97.9 Å². The Hall–Kier alpha value is -0.770. The lowest BCUT2D eigenvalue weighted by molar-refractivity contribution is 0.0499. The number of nitrogens with one attached hydrogen (secondary N) is 1. The van der Waals surface area contributed by atoms with Crippen LogP contribution in [0.25, 0.3) is 0 Å². The zero-order chi connectivity index (χ0) is 12.2. The molecule has 1 amide bonds. The lowest BCUT2D eigenvalue weighted by Gasteiger charge is -2.23. The molecule has 0 aliphatic heterocycles. The van der Waals surface area contributed by atoms with Gasteiger partial charge in [-0.3, -0.25) is 0 Å². The fraction of sp³-hybridized carbons (Fsp3) is 0.917. The van der Waals surface area contributed by atoms with Crippen molar-refractivity contribution >= 4 is 6.09 Å². The molecular weight excluding hydrogens is 204 g/mol. The molecule has 1 aliphatic carbocycles. The highest BCUT2D eigenvalue weighted by Gasteiger charge is 2.22. The van der Waals surface area contributed by atoms with Gasteiger partial charge >= 0.3 is 6.09 Å². The van der Waals surface area contributed by atoms with Gasteiger partial charge in [0, 0.05) is 12.1 Å². The van der Waals surface area contributed by atoms with Crippen LogP contribution in [-0.2, 0) is 4.74 Å². The van der Waals surface area contributed by atoms with Gasteiger partial charge in [-0.1, -0.05) is 12.8 Å². The third kappa shape index (κ3) is 5.35. The molecule has 94 valence electrons. The number of nitrogens with two attached hydrogens (primary N) is 1. The normalized spacial score (nSPS) is 27.0. The van der Waals surface area contributed by atoms with Crippen molar-refractivity contribution in [1.29, 1.82) is 0 Å². The smallest absolute Gasteiger partial charge is 0.407 e. The summed E-state index contributed by atoms with van der Waals surface area (Å²) < 4.78 is 5.23. The van der Waals surface area contributed by atoms with Crippen LogP contribution in [0.2, 0.25) is 0 Å². The maximum Gasteiger partial charge on any atom is 0.407 e. The van der Waals surface area contributed by atoms with Gasteiger partial charge in [-0.25, -0.2) is 4.79 Å². The van der Waals surface area contributed by atoms with Crippen LogP contribution in [0.4, 0.5) is 4.79 Å². The quantitative estimate of drug-likeness (QED) is 0.676. The van der Waals surface area contributed by atoms with Crippen LogP contribution in [0.1, 0.15) is 52.9 Å². The minimum Gasteiger partial charge on any atom is -0.444 e. The van der Waals surface area contributed by atoms with Gasteiger partial charge in [0.1, 0.15) is 5.60 Å². The Kier molecular flexibility index (Phi) is 4.59. The van der Waals surface area contributed by atoms with Gasteiger partial charge in [0.05, 0.1) is 0 Å². The molecule has 0 spiro atoms. The molecule has 0 bridgehead atoms. The first-order valence-corrected chi connectivity index (χ1v) is 6.12. The molecule has 2 atom stereocenters. The van der Waals surface area contributed by atoms with Crippen LogP contribution in [0.15, 0.2) is 0 Å². The van der Waals surface area contributed by atoms with Gasteiger partial charge in [-0.15, -0.1) is 0 Å². The molecule has 0 radical (unpaired) electrons. The topological polar surface area (TPSA) is 64.3 Å². The average Bonchev–Trinajstić information content (AvgIpc) is 2.26. The molecule has 0 aromatic carbocycles. The van der Waals surface area contributed by atoms with E-state index in [0.717, 1.165) is 32.1 Å². The summed E-state index contributed by atoms with van der Waals surface area (Å²) in [6.07, 6.45) is 4.90. The van der Waals surface area contributed by atoms with E-state index in [4.69, 9.17) is 10.5 Å². The first kappa shape index (κ1) is 13.3. The number of rotatable bonds is 1. The molecule has 4 heteroatoms. The second-order valence-corrected chi connectivity index (χ2v) is 5.62. The first-order valence-electron chi connectivity index (χ1n) is 6.12. The number of carbonyl (C=O) groups is 1. The molecule has 1 saturated carbocycles. The van der Waals surface area contributed by atoms with Crippen molar-refractivity contribution in [3.63, 3.8) is 0 Å². The summed E-state index contributed by atoms with van der Waals surface area (Å²) in [6, 6.07) is 0.384. The van der Waals surface area contributed by atoms with Crippen molar-refractivity contribution in [2.45, 2.75) is 70.6 Å². The summed E-state index contributed by atoms with van der Waals surface area (Å²) >= 11 is 0. The largest absolute Gasteiger partial charge is 0.444 e. The molecule has 3 N–H and O–H groups in total. The van der Waals surface area contributed by atoms with Crippen LogP contribution in [0.3, 0.4) is 0 Å². The number of alkyl carbamates (subject to hydrolysis) is 1. The van der Waals surface area contributed by atoms with Crippen molar-refractivity contribution in [1.82, 2.24) is 5.32 Å². The van der Waals surface area contributed by atoms with Crippen LogP contribution in [0, 0.1) is 0 Å². The fourth-order valence-electron chi connectivity index (χ4n) is 2.00. The fourth-order valence-corrected chi connectivity index (χ4v) is 2.00. The third-order valence-corrected chi connectivity index (χ3v) is 2.69. The van der Waals surface area contributed by atoms with Gasteiger partial charge in [-0.05, 0) is 40.0 Å². The summed E-state index contributed by atoms with van der Waals surface area (Å²) in [5.74, 6) is 0. The number of ether oxygens (including phenoxy) is 1. The van der Waals surface area contributed by atoms with Gasteiger partial charge in [0.25, 0.3) is 0 Å². The molecule has 0 saturated heterocycles. The Morgan fingerprint density at radius 1 is 1.31 bits per heavy atom. The first-order chi connectivity index (χ1) is 7.37. The molecule has 0 unspecified atom stereocenters. The second kappa shape index (κ2) is 5.53. The monoisotopic (exact) mass is 228 g/mol. The van der Waals surface area contributed by atoms with Gasteiger partial charge in [0.15, 0.2) is 0 Å². The van der Waals surface area contributed by atoms with E-state index >= 15 is 0 Å². The maximum absolute atomic E-state index is 11.6. The van der Waals surface area contributed by atoms with Crippen molar-refractivity contribution in [3.05, 3.63) is 0 Å². The van der Waals surface area contributed by atoms with E-state index in [-0.39, 0.29) is 18.2 Å². The highest BCUT2D eigenvalue weighted by atomic mass is 16.6. The molecule has 1 fully saturated rings. The van der Waals surface area contributed by atoms with Gasteiger partial charge < -0.3 is 15.8 Å². The number of carbonyl (C=O) groups excluding carboxylic acids is 1. The highest BCUT2D eigenvalue weighted by molar-refractivity contribution is 5.68. The lowest BCUT2D eigenvalue weighted by Crippen LogP contribution is -2.41. The molecular formula is C12H24N2O2. The van der Waals surface area contributed by atoms with E-state index in [2.05, 4.69) is 5.32 Å². The van der Waals surface area contributed by atoms with Crippen LogP contribution in [-0.4, -0.2) is 23.8 Å². The van der Waals surface area contributed by atoms with E-state index in [1.807, 2.05) is 20.8 Å². The molecule has 0 aromatic heterocycles. The Morgan fingerprint density at radius 2 is 1.94 bits per heavy atom. The Bertz CT molecular complexity index is 236. The Morgan fingerprint density at radius 3 is 2.56 bits per heavy atom. The molecule has 1 rings (SSSR count). The molecule has 4 nitrogen and oxygen atoms in total. The molecule has 1 aliphatic rings. The van der Waals surface area contributed by atoms with Gasteiger partial charge in [-0.2, -0.15) is 0 Å². The average molecular weight is 228 g/mol. The Balaban J connectivity index is 2.37. The van der Waals surface area contributed by atoms with Crippen LogP contribution in [0.5, 0.6) is 0 Å². The van der Waals surface area contributed by atoms with E-state index in [1.54, 1.807) is 0 Å². The summed E-state index contributed by atoms with van der Waals surface area (Å²) in [5.41, 5.74) is 5.50. The van der Waals surface area contributed by atoms with E-state index in [1.165, 1.54) is 0 Å². The van der Waals surface area contributed by atoms with Crippen LogP contribution >= 0.6 is 0 Å². The van der Waals surface area contributed by atoms with Crippen molar-refractivity contribution in [2.24, 2.45) is 5.73 Å². The maximum atomic E-state index is 11.6. The summed E-state index contributed by atoms with van der Waals surface area (Å²) in [7, 11) is 0. The van der Waals surface area contributed by atoms with Crippen LogP contribution < -0.4 is 11.1 Å². The predicted molar refractivity (Wildman–Crippen MR) is 64.2 cm³/mol. The SMILES string of the molecule is CC(C)(C)OC(=O)N[C@H]1CCCC[C@H](N)C1.